The molecule has 0 aliphatic carbocycles. The van der Waals surface area contributed by atoms with E-state index in [9.17, 15) is 4.79 Å². The number of nitrogens with zero attached hydrogens (tertiary/aromatic N) is 2. The minimum absolute atomic E-state index is 0.0439. The summed E-state index contributed by atoms with van der Waals surface area (Å²) in [7, 11) is 1.85. The van der Waals surface area contributed by atoms with E-state index in [0.717, 1.165) is 31.0 Å². The Bertz CT molecular complexity index is 506. The number of rotatable bonds is 5. The number of benzene rings is 1. The average molecular weight is 307 g/mol. The number of carbonyl (C=O) groups is 1. The molecule has 4 nitrogen and oxygen atoms in total. The van der Waals surface area contributed by atoms with Crippen LogP contribution in [-0.4, -0.2) is 49.1 Å². The summed E-state index contributed by atoms with van der Waals surface area (Å²) in [6.45, 7) is 6.32. The molecule has 1 aromatic rings. The fourth-order valence-corrected chi connectivity index (χ4v) is 3.32. The highest BCUT2D eigenvalue weighted by Crippen LogP contribution is 2.30. The lowest BCUT2D eigenvalue weighted by Gasteiger charge is -2.25. The molecular weight excluding hydrogens is 282 g/mol. The molecule has 1 N–H and O–H groups in total. The van der Waals surface area contributed by atoms with Crippen molar-refractivity contribution in [2.75, 3.05) is 42.4 Å². The zero-order valence-electron chi connectivity index (χ0n) is 13.3. The maximum atomic E-state index is 12.3. The summed E-state index contributed by atoms with van der Waals surface area (Å²) < 4.78 is 0. The van der Waals surface area contributed by atoms with Gasteiger partial charge in [0.25, 0.3) is 0 Å². The lowest BCUT2D eigenvalue weighted by molar-refractivity contribution is 0.212. The van der Waals surface area contributed by atoms with E-state index in [1.165, 1.54) is 11.3 Å². The summed E-state index contributed by atoms with van der Waals surface area (Å²) in [4.78, 5) is 16.4. The Balaban J connectivity index is 2.05. The topological polar surface area (TPSA) is 35.6 Å². The standard InChI is InChI=1S/C16H25N3OS/c1-5-19-9-8-13-6-7-14(10-15(13)19)17-16(20)18(3)12(2)11-21-4/h6-7,10,12H,5,8-9,11H2,1-4H3,(H,17,20)/t12-/m0/s1. The molecular formula is C16H25N3OS. The Morgan fingerprint density at radius 1 is 1.52 bits per heavy atom. The van der Waals surface area contributed by atoms with Crippen LogP contribution in [0.15, 0.2) is 18.2 Å². The van der Waals surface area contributed by atoms with Crippen LogP contribution in [0.1, 0.15) is 19.4 Å². The van der Waals surface area contributed by atoms with Crippen LogP contribution in [0.5, 0.6) is 0 Å². The predicted molar refractivity (Wildman–Crippen MR) is 92.7 cm³/mol. The van der Waals surface area contributed by atoms with Crippen LogP contribution in [0.25, 0.3) is 0 Å². The highest BCUT2D eigenvalue weighted by molar-refractivity contribution is 7.98. The van der Waals surface area contributed by atoms with Gasteiger partial charge in [0.15, 0.2) is 0 Å². The summed E-state index contributed by atoms with van der Waals surface area (Å²) >= 11 is 1.75. The first kappa shape index (κ1) is 16.0. The van der Waals surface area contributed by atoms with Crippen molar-refractivity contribution in [3.63, 3.8) is 0 Å². The van der Waals surface area contributed by atoms with Crippen LogP contribution in [0.2, 0.25) is 0 Å². The molecule has 21 heavy (non-hydrogen) atoms. The van der Waals surface area contributed by atoms with Crippen LogP contribution in [0.3, 0.4) is 0 Å². The van der Waals surface area contributed by atoms with Crippen molar-refractivity contribution in [3.05, 3.63) is 23.8 Å². The molecule has 1 aliphatic rings. The zero-order chi connectivity index (χ0) is 15.4. The molecule has 0 fully saturated rings. The van der Waals surface area contributed by atoms with E-state index >= 15 is 0 Å². The molecule has 2 amide bonds. The Kier molecular flexibility index (Phi) is 5.39. The van der Waals surface area contributed by atoms with E-state index in [4.69, 9.17) is 0 Å². The summed E-state index contributed by atoms with van der Waals surface area (Å²) in [6, 6.07) is 6.41. The summed E-state index contributed by atoms with van der Waals surface area (Å²) in [5.41, 5.74) is 3.51. The van der Waals surface area contributed by atoms with E-state index in [-0.39, 0.29) is 12.1 Å². The molecule has 0 unspecified atom stereocenters. The van der Waals surface area contributed by atoms with Crippen LogP contribution in [-0.2, 0) is 6.42 Å². The van der Waals surface area contributed by atoms with Crippen molar-refractivity contribution >= 4 is 29.2 Å². The fourth-order valence-electron chi connectivity index (χ4n) is 2.62. The van der Waals surface area contributed by atoms with E-state index in [0.29, 0.717) is 0 Å². The second kappa shape index (κ2) is 7.07. The Morgan fingerprint density at radius 3 is 2.95 bits per heavy atom. The third kappa shape index (κ3) is 3.64. The van der Waals surface area contributed by atoms with Gasteiger partial charge in [-0.2, -0.15) is 11.8 Å². The molecule has 0 saturated carbocycles. The Hall–Kier alpha value is -1.36. The number of hydrogen-bond donors (Lipinski definition) is 1. The van der Waals surface area contributed by atoms with Gasteiger partial charge in [-0.3, -0.25) is 0 Å². The summed E-state index contributed by atoms with van der Waals surface area (Å²) in [5.74, 6) is 0.942. The number of likely N-dealkylation sites (N-methyl/N-ethyl adjacent to an activating group) is 1. The van der Waals surface area contributed by atoms with Crippen LogP contribution in [0.4, 0.5) is 16.2 Å². The molecule has 0 spiro atoms. The van der Waals surface area contributed by atoms with Crippen molar-refractivity contribution in [2.45, 2.75) is 26.3 Å². The van der Waals surface area contributed by atoms with Gasteiger partial charge in [0.1, 0.15) is 0 Å². The number of anilines is 2. The zero-order valence-corrected chi connectivity index (χ0v) is 14.2. The van der Waals surface area contributed by atoms with E-state index in [1.807, 2.05) is 13.1 Å². The van der Waals surface area contributed by atoms with Crippen LogP contribution < -0.4 is 10.2 Å². The highest BCUT2D eigenvalue weighted by Gasteiger charge is 2.19. The molecule has 1 heterocycles. The van der Waals surface area contributed by atoms with Gasteiger partial charge in [0, 0.05) is 43.3 Å². The second-order valence-electron chi connectivity index (χ2n) is 5.52. The van der Waals surface area contributed by atoms with Gasteiger partial charge < -0.3 is 15.1 Å². The average Bonchev–Trinajstić information content (AvgIpc) is 2.88. The van der Waals surface area contributed by atoms with Crippen molar-refractivity contribution in [3.8, 4) is 0 Å². The number of nitrogens with one attached hydrogen (secondary N) is 1. The first-order valence-electron chi connectivity index (χ1n) is 7.47. The molecule has 0 radical (unpaired) electrons. The van der Waals surface area contributed by atoms with Gasteiger partial charge in [0.2, 0.25) is 0 Å². The molecule has 116 valence electrons. The first-order valence-corrected chi connectivity index (χ1v) is 8.86. The molecule has 0 saturated heterocycles. The molecule has 5 heteroatoms. The van der Waals surface area contributed by atoms with E-state index < -0.39 is 0 Å². The third-order valence-corrected chi connectivity index (χ3v) is 4.92. The number of hydrogen-bond acceptors (Lipinski definition) is 3. The third-order valence-electron chi connectivity index (χ3n) is 4.10. The lowest BCUT2D eigenvalue weighted by Crippen LogP contribution is -2.39. The lowest BCUT2D eigenvalue weighted by atomic mass is 10.1. The SMILES string of the molecule is CCN1CCc2ccc(NC(=O)N(C)[C@@H](C)CSC)cc21. The smallest absolute Gasteiger partial charge is 0.321 e. The summed E-state index contributed by atoms with van der Waals surface area (Å²) in [6.07, 6.45) is 3.16. The van der Waals surface area contributed by atoms with Gasteiger partial charge in [-0.25, -0.2) is 4.79 Å². The number of thioether (sulfide) groups is 1. The maximum Gasteiger partial charge on any atom is 0.321 e. The van der Waals surface area contributed by atoms with Crippen molar-refractivity contribution in [1.82, 2.24) is 4.90 Å². The summed E-state index contributed by atoms with van der Waals surface area (Å²) in [5, 5.41) is 3.01. The Morgan fingerprint density at radius 2 is 2.29 bits per heavy atom. The number of amides is 2. The monoisotopic (exact) mass is 307 g/mol. The van der Waals surface area contributed by atoms with Crippen molar-refractivity contribution in [1.29, 1.82) is 0 Å². The highest BCUT2D eigenvalue weighted by atomic mass is 32.2. The number of urea groups is 1. The molecule has 1 atom stereocenters. The molecule has 0 aromatic heterocycles. The van der Waals surface area contributed by atoms with Gasteiger partial charge in [-0.05, 0) is 44.2 Å². The Labute approximate surface area is 131 Å². The fraction of sp³-hybridized carbons (Fsp3) is 0.562. The van der Waals surface area contributed by atoms with E-state index in [2.05, 4.69) is 42.5 Å². The van der Waals surface area contributed by atoms with Crippen LogP contribution in [0, 0.1) is 0 Å². The van der Waals surface area contributed by atoms with Crippen molar-refractivity contribution in [2.24, 2.45) is 0 Å². The molecule has 0 bridgehead atoms. The molecule has 1 aliphatic heterocycles. The molecule has 1 aromatic carbocycles. The first-order chi connectivity index (χ1) is 10.1. The minimum atomic E-state index is -0.0439. The van der Waals surface area contributed by atoms with Gasteiger partial charge in [-0.1, -0.05) is 6.07 Å². The van der Waals surface area contributed by atoms with Crippen molar-refractivity contribution < 1.29 is 4.79 Å². The predicted octanol–water partition coefficient (Wildman–Crippen LogP) is 3.28. The normalized spacial score (nSPS) is 14.8. The second-order valence-corrected chi connectivity index (χ2v) is 6.43. The van der Waals surface area contributed by atoms with Crippen LogP contribution >= 0.6 is 11.8 Å². The van der Waals surface area contributed by atoms with Gasteiger partial charge >= 0.3 is 6.03 Å². The number of carbonyl (C=O) groups excluding carboxylic acids is 1. The quantitative estimate of drug-likeness (QED) is 0.907. The van der Waals surface area contributed by atoms with Gasteiger partial charge in [0.05, 0.1) is 0 Å². The minimum Gasteiger partial charge on any atom is -0.371 e. The van der Waals surface area contributed by atoms with E-state index in [1.54, 1.807) is 16.7 Å². The van der Waals surface area contributed by atoms with Gasteiger partial charge in [-0.15, -0.1) is 0 Å². The largest absolute Gasteiger partial charge is 0.371 e. The molecule has 2 rings (SSSR count). The maximum absolute atomic E-state index is 12.3. The number of fused-ring (bicyclic) bond motifs is 1.